The van der Waals surface area contributed by atoms with Gasteiger partial charge >= 0.3 is 6.18 Å². The molecule has 16 heavy (non-hydrogen) atoms. The van der Waals surface area contributed by atoms with Crippen molar-refractivity contribution >= 4 is 28.8 Å². The van der Waals surface area contributed by atoms with E-state index >= 15 is 0 Å². The minimum Gasteiger partial charge on any atom is -0.351 e. The van der Waals surface area contributed by atoms with E-state index in [9.17, 15) is 18.0 Å². The smallest absolute Gasteiger partial charge is 0.351 e. The Morgan fingerprint density at radius 1 is 1.31 bits per heavy atom. The summed E-state index contributed by atoms with van der Waals surface area (Å²) in [6.45, 7) is 0. The van der Waals surface area contributed by atoms with Gasteiger partial charge in [0.1, 0.15) is 0 Å². The average molecular weight is 248 g/mol. The minimum absolute atomic E-state index is 0.0635. The van der Waals surface area contributed by atoms with Crippen molar-refractivity contribution in [2.45, 2.75) is 6.18 Å². The number of aromatic nitrogens is 1. The van der Waals surface area contributed by atoms with Crippen LogP contribution in [0.3, 0.4) is 0 Å². The maximum Gasteiger partial charge on any atom is 0.417 e. The predicted octanol–water partition coefficient (Wildman–Crippen LogP) is 3.65. The van der Waals surface area contributed by atoms with E-state index in [1.807, 2.05) is 0 Å². The maximum atomic E-state index is 12.6. The Kier molecular flexibility index (Phi) is 2.42. The van der Waals surface area contributed by atoms with Gasteiger partial charge in [0.15, 0.2) is 6.29 Å². The summed E-state index contributed by atoms with van der Waals surface area (Å²) in [5.74, 6) is 0. The van der Waals surface area contributed by atoms with Crippen LogP contribution in [0.15, 0.2) is 18.2 Å². The molecule has 0 amide bonds. The summed E-state index contributed by atoms with van der Waals surface area (Å²) in [6, 6.07) is 3.18. The van der Waals surface area contributed by atoms with Crippen LogP contribution < -0.4 is 0 Å². The molecule has 84 valence electrons. The maximum absolute atomic E-state index is 12.6. The molecule has 0 aliphatic carbocycles. The SMILES string of the molecule is O=Cc1cc2c(C(F)(F)F)ccc(Cl)c2[nH]1. The van der Waals surface area contributed by atoms with Crippen LogP contribution >= 0.6 is 11.6 Å². The zero-order chi connectivity index (χ0) is 11.9. The van der Waals surface area contributed by atoms with Gasteiger partial charge in [0.05, 0.1) is 21.8 Å². The van der Waals surface area contributed by atoms with Crippen LogP contribution in [-0.2, 0) is 6.18 Å². The number of carbonyl (C=O) groups excluding carboxylic acids is 1. The second-order valence-corrected chi connectivity index (χ2v) is 3.63. The first-order valence-corrected chi connectivity index (χ1v) is 4.65. The first kappa shape index (κ1) is 11.0. The Morgan fingerprint density at radius 3 is 2.56 bits per heavy atom. The van der Waals surface area contributed by atoms with E-state index in [0.29, 0.717) is 6.29 Å². The van der Waals surface area contributed by atoms with Crippen LogP contribution in [0.25, 0.3) is 10.9 Å². The molecule has 2 aromatic rings. The van der Waals surface area contributed by atoms with E-state index in [4.69, 9.17) is 11.6 Å². The normalized spacial score (nSPS) is 12.0. The van der Waals surface area contributed by atoms with Crippen molar-refractivity contribution in [2.75, 3.05) is 0 Å². The molecule has 2 nitrogen and oxygen atoms in total. The van der Waals surface area contributed by atoms with Crippen LogP contribution in [-0.4, -0.2) is 11.3 Å². The van der Waals surface area contributed by atoms with Gasteiger partial charge in [-0.2, -0.15) is 13.2 Å². The molecule has 1 N–H and O–H groups in total. The van der Waals surface area contributed by atoms with Gasteiger partial charge in [-0.05, 0) is 18.2 Å². The monoisotopic (exact) mass is 247 g/mol. The molecule has 0 unspecified atom stereocenters. The van der Waals surface area contributed by atoms with E-state index < -0.39 is 11.7 Å². The number of H-pyrrole nitrogens is 1. The van der Waals surface area contributed by atoms with Gasteiger partial charge in [0, 0.05) is 5.39 Å². The standard InChI is InChI=1S/C10H5ClF3NO/c11-8-2-1-7(10(12,13)14)6-3-5(4-16)15-9(6)8/h1-4,15H. The fourth-order valence-corrected chi connectivity index (χ4v) is 1.73. The molecule has 2 rings (SSSR count). The first-order valence-electron chi connectivity index (χ1n) is 4.27. The van der Waals surface area contributed by atoms with Gasteiger partial charge in [-0.15, -0.1) is 0 Å². The number of alkyl halides is 3. The van der Waals surface area contributed by atoms with Crippen molar-refractivity contribution in [3.8, 4) is 0 Å². The number of rotatable bonds is 1. The third-order valence-electron chi connectivity index (χ3n) is 2.20. The van der Waals surface area contributed by atoms with Crippen LogP contribution in [0.1, 0.15) is 16.1 Å². The molecule has 1 aromatic carbocycles. The van der Waals surface area contributed by atoms with Gasteiger partial charge < -0.3 is 4.98 Å². The molecule has 0 spiro atoms. The number of benzene rings is 1. The number of carbonyl (C=O) groups is 1. The van der Waals surface area contributed by atoms with E-state index in [-0.39, 0.29) is 21.6 Å². The predicted molar refractivity (Wildman–Crippen MR) is 53.7 cm³/mol. The molecular weight excluding hydrogens is 243 g/mol. The van der Waals surface area contributed by atoms with E-state index in [2.05, 4.69) is 4.98 Å². The molecule has 0 fully saturated rings. The van der Waals surface area contributed by atoms with Crippen LogP contribution in [0.5, 0.6) is 0 Å². The summed E-state index contributed by atoms with van der Waals surface area (Å²) in [6.07, 6.45) is -4.03. The minimum atomic E-state index is -4.47. The zero-order valence-electron chi connectivity index (χ0n) is 7.73. The number of hydrogen-bond donors (Lipinski definition) is 1. The third-order valence-corrected chi connectivity index (χ3v) is 2.51. The third kappa shape index (κ3) is 1.67. The van der Waals surface area contributed by atoms with Crippen molar-refractivity contribution in [1.29, 1.82) is 0 Å². The summed E-state index contributed by atoms with van der Waals surface area (Å²) in [5.41, 5.74) is -0.622. The van der Waals surface area contributed by atoms with Crippen molar-refractivity contribution in [1.82, 2.24) is 4.98 Å². The molecule has 0 aliphatic rings. The Labute approximate surface area is 93.0 Å². The zero-order valence-corrected chi connectivity index (χ0v) is 8.49. The van der Waals surface area contributed by atoms with Crippen molar-refractivity contribution in [2.24, 2.45) is 0 Å². The topological polar surface area (TPSA) is 32.9 Å². The van der Waals surface area contributed by atoms with E-state index in [1.54, 1.807) is 0 Å². The highest BCUT2D eigenvalue weighted by atomic mass is 35.5. The highest BCUT2D eigenvalue weighted by Crippen LogP contribution is 2.37. The van der Waals surface area contributed by atoms with E-state index in [1.165, 1.54) is 0 Å². The average Bonchev–Trinajstić information content (AvgIpc) is 2.60. The van der Waals surface area contributed by atoms with Gasteiger partial charge in [-0.3, -0.25) is 4.79 Å². The molecule has 0 aliphatic heterocycles. The fraction of sp³-hybridized carbons (Fsp3) is 0.100. The summed E-state index contributed by atoms with van der Waals surface area (Å²) < 4.78 is 37.9. The highest BCUT2D eigenvalue weighted by Gasteiger charge is 2.33. The Morgan fingerprint density at radius 2 is 2.00 bits per heavy atom. The quantitative estimate of drug-likeness (QED) is 0.767. The van der Waals surface area contributed by atoms with Crippen molar-refractivity contribution in [3.05, 3.63) is 34.5 Å². The lowest BCUT2D eigenvalue weighted by Gasteiger charge is -2.08. The van der Waals surface area contributed by atoms with E-state index in [0.717, 1.165) is 18.2 Å². The molecule has 0 saturated carbocycles. The molecule has 1 heterocycles. The lowest BCUT2D eigenvalue weighted by molar-refractivity contribution is -0.136. The summed E-state index contributed by atoms with van der Waals surface area (Å²) in [4.78, 5) is 13.0. The van der Waals surface area contributed by atoms with Gasteiger partial charge in [-0.1, -0.05) is 11.6 Å². The van der Waals surface area contributed by atoms with Gasteiger partial charge in [-0.25, -0.2) is 0 Å². The summed E-state index contributed by atoms with van der Waals surface area (Å²) in [7, 11) is 0. The molecular formula is C10H5ClF3NO. The number of aromatic amines is 1. The van der Waals surface area contributed by atoms with Crippen LogP contribution in [0.2, 0.25) is 5.02 Å². The number of halogens is 4. The molecule has 0 radical (unpaired) electrons. The molecule has 0 saturated heterocycles. The van der Waals surface area contributed by atoms with Crippen molar-refractivity contribution < 1.29 is 18.0 Å². The Balaban J connectivity index is 2.82. The van der Waals surface area contributed by atoms with Gasteiger partial charge in [0.2, 0.25) is 0 Å². The largest absolute Gasteiger partial charge is 0.417 e. The molecule has 0 bridgehead atoms. The highest BCUT2D eigenvalue weighted by molar-refractivity contribution is 6.35. The van der Waals surface area contributed by atoms with Crippen LogP contribution in [0, 0.1) is 0 Å². The molecule has 0 atom stereocenters. The lowest BCUT2D eigenvalue weighted by Crippen LogP contribution is -2.04. The van der Waals surface area contributed by atoms with Crippen LogP contribution in [0.4, 0.5) is 13.2 Å². The van der Waals surface area contributed by atoms with Crippen molar-refractivity contribution in [3.63, 3.8) is 0 Å². The number of hydrogen-bond acceptors (Lipinski definition) is 1. The Bertz CT molecular complexity index is 559. The number of aldehydes is 1. The van der Waals surface area contributed by atoms with Gasteiger partial charge in [0.25, 0.3) is 0 Å². The fourth-order valence-electron chi connectivity index (χ4n) is 1.52. The summed E-state index contributed by atoms with van der Waals surface area (Å²) in [5, 5.41) is 0.0539. The molecule has 1 aromatic heterocycles. The molecule has 6 heteroatoms. The first-order chi connectivity index (χ1) is 7.43. The number of nitrogens with one attached hydrogen (secondary N) is 1. The second-order valence-electron chi connectivity index (χ2n) is 3.22. The summed E-state index contributed by atoms with van der Waals surface area (Å²) >= 11 is 5.73. The Hall–Kier alpha value is -1.49. The number of fused-ring (bicyclic) bond motifs is 1. The lowest BCUT2D eigenvalue weighted by atomic mass is 10.1. The second kappa shape index (κ2) is 3.52.